The van der Waals surface area contributed by atoms with E-state index in [0.717, 1.165) is 17.5 Å². The smallest absolute Gasteiger partial charge is 0.408 e. The number of alkyl carbamates (subject to hydrolysis) is 1. The Hall–Kier alpha value is -4.32. The maximum absolute atomic E-state index is 13.8. The van der Waals surface area contributed by atoms with Crippen molar-refractivity contribution in [3.63, 3.8) is 0 Å². The standard InChI is InChI=1S/C30H48N2O7.C25H40N2O5.ClH/c1-28(2,3)24(31-27(35)39-30(7,8)9)25(33)32-19-22(18-23(32)26(34)38-29(4,5)6)37-17-13-16-36-20-21-14-11-10-12-15-21;1-24(2,3)21(26)22(28)27-16-19(15-20(27)23(29)32-25(4,5)6)31-14-10-13-30-17-18-11-8-7-9-12-18;/h10-12,14-15,22-24H,13,16-20H2,1-9H3,(H,31,35);7-9,11-12,19-21H,10,13-17,26H2,1-6H3;1H/t22-,23+,24-;19-,20+,21-;/m11./s1. The van der Waals surface area contributed by atoms with Crippen molar-refractivity contribution < 1.29 is 57.1 Å². The molecule has 0 radical (unpaired) electrons. The molecule has 0 spiro atoms. The molecule has 16 nitrogen and oxygen atoms in total. The summed E-state index contributed by atoms with van der Waals surface area (Å²) in [6.45, 7) is 31.1. The van der Waals surface area contributed by atoms with Crippen molar-refractivity contribution in [2.24, 2.45) is 16.6 Å². The highest BCUT2D eigenvalue weighted by atomic mass is 35.5. The number of carbonyl (C=O) groups excluding carboxylic acids is 5. The second-order valence-corrected chi connectivity index (χ2v) is 23.6. The second-order valence-electron chi connectivity index (χ2n) is 23.6. The van der Waals surface area contributed by atoms with Gasteiger partial charge in [-0.25, -0.2) is 14.4 Å². The molecule has 2 aromatic carbocycles. The number of halogens is 1. The van der Waals surface area contributed by atoms with E-state index in [4.69, 9.17) is 38.9 Å². The highest BCUT2D eigenvalue weighted by molar-refractivity contribution is 5.91. The van der Waals surface area contributed by atoms with E-state index >= 15 is 0 Å². The van der Waals surface area contributed by atoms with Gasteiger partial charge < -0.3 is 54.0 Å². The summed E-state index contributed by atoms with van der Waals surface area (Å²) in [5.41, 5.74) is 5.35. The molecule has 2 fully saturated rings. The average molecular weight is 1030 g/mol. The Kier molecular flexibility index (Phi) is 25.1. The number of amides is 3. The van der Waals surface area contributed by atoms with Crippen LogP contribution in [0.25, 0.3) is 0 Å². The van der Waals surface area contributed by atoms with Crippen molar-refractivity contribution in [2.75, 3.05) is 39.5 Å². The molecule has 6 atom stereocenters. The fraction of sp³-hybridized carbons (Fsp3) is 0.691. The maximum Gasteiger partial charge on any atom is 0.408 e. The quantitative estimate of drug-likeness (QED) is 0.0773. The lowest BCUT2D eigenvalue weighted by atomic mass is 9.85. The monoisotopic (exact) mass is 1030 g/mol. The van der Waals surface area contributed by atoms with Crippen molar-refractivity contribution in [1.82, 2.24) is 15.1 Å². The van der Waals surface area contributed by atoms with Gasteiger partial charge in [0.25, 0.3) is 0 Å². The van der Waals surface area contributed by atoms with Crippen molar-refractivity contribution in [3.05, 3.63) is 71.8 Å². The molecule has 0 bridgehead atoms. The SMILES string of the molecule is CC(C)(C)OC(=O)N[C@H](C(=O)N1C[C@H](OCCCOCc2ccccc2)C[C@H]1C(=O)OC(C)(C)C)C(C)(C)C.CC(C)(C)OC(=O)[C@@H]1C[C@@H](OCCCOCc2ccccc2)CN1C(=O)[C@@H](N)C(C)(C)C.Cl. The third-order valence-electron chi connectivity index (χ3n) is 11.2. The molecule has 2 aliphatic rings. The fourth-order valence-corrected chi connectivity index (χ4v) is 7.65. The van der Waals surface area contributed by atoms with Crippen LogP contribution in [0.4, 0.5) is 4.79 Å². The number of hydrogen-bond acceptors (Lipinski definition) is 13. The second kappa shape index (κ2) is 28.4. The lowest BCUT2D eigenvalue weighted by Crippen LogP contribution is -2.57. The molecule has 0 saturated carbocycles. The number of ether oxygens (including phenoxy) is 7. The Morgan fingerprint density at radius 2 is 0.931 bits per heavy atom. The van der Waals surface area contributed by atoms with E-state index in [1.165, 1.54) is 4.90 Å². The van der Waals surface area contributed by atoms with Crippen molar-refractivity contribution in [3.8, 4) is 0 Å². The van der Waals surface area contributed by atoms with E-state index in [1.807, 2.05) is 123 Å². The average Bonchev–Trinajstić information content (AvgIpc) is 3.88. The Balaban J connectivity index is 0.000000496. The first kappa shape index (κ1) is 63.8. The van der Waals surface area contributed by atoms with Crippen LogP contribution in [-0.2, 0) is 65.5 Å². The Labute approximate surface area is 436 Å². The molecule has 3 amide bonds. The lowest BCUT2D eigenvalue weighted by molar-refractivity contribution is -0.164. The van der Waals surface area contributed by atoms with Gasteiger partial charge in [-0.15, -0.1) is 12.4 Å². The highest BCUT2D eigenvalue weighted by Crippen LogP contribution is 2.30. The van der Waals surface area contributed by atoms with E-state index in [9.17, 15) is 24.0 Å². The van der Waals surface area contributed by atoms with E-state index in [1.54, 1.807) is 46.4 Å². The minimum atomic E-state index is -0.914. The lowest BCUT2D eigenvalue weighted by Gasteiger charge is -2.36. The molecule has 0 unspecified atom stereocenters. The fourth-order valence-electron chi connectivity index (χ4n) is 7.65. The van der Waals surface area contributed by atoms with E-state index in [2.05, 4.69) is 5.32 Å². The zero-order valence-electron chi connectivity index (χ0n) is 46.0. The molecule has 2 aliphatic heterocycles. The van der Waals surface area contributed by atoms with E-state index < -0.39 is 69.8 Å². The molecular formula is C55H89ClN4O12. The van der Waals surface area contributed by atoms with Gasteiger partial charge in [-0.05, 0) is 97.1 Å². The summed E-state index contributed by atoms with van der Waals surface area (Å²) >= 11 is 0. The highest BCUT2D eigenvalue weighted by Gasteiger charge is 2.48. The van der Waals surface area contributed by atoms with Crippen LogP contribution >= 0.6 is 12.4 Å². The Morgan fingerprint density at radius 1 is 0.556 bits per heavy atom. The molecule has 3 N–H and O–H groups in total. The predicted molar refractivity (Wildman–Crippen MR) is 280 cm³/mol. The summed E-state index contributed by atoms with van der Waals surface area (Å²) in [5, 5.41) is 2.73. The van der Waals surface area contributed by atoms with Gasteiger partial charge in [0.15, 0.2) is 0 Å². The van der Waals surface area contributed by atoms with Gasteiger partial charge in [0.2, 0.25) is 11.8 Å². The molecule has 408 valence electrons. The topological polar surface area (TPSA) is 194 Å². The molecule has 2 saturated heterocycles. The van der Waals surface area contributed by atoms with Crippen LogP contribution in [0, 0.1) is 10.8 Å². The molecule has 2 aromatic rings. The zero-order valence-corrected chi connectivity index (χ0v) is 46.8. The van der Waals surface area contributed by atoms with Crippen molar-refractivity contribution in [2.45, 2.75) is 196 Å². The first-order valence-corrected chi connectivity index (χ1v) is 25.1. The van der Waals surface area contributed by atoms with Crippen molar-refractivity contribution in [1.29, 1.82) is 0 Å². The van der Waals surface area contributed by atoms with E-state index in [0.29, 0.717) is 65.4 Å². The van der Waals surface area contributed by atoms with Crippen LogP contribution in [0.2, 0.25) is 0 Å². The predicted octanol–water partition coefficient (Wildman–Crippen LogP) is 8.58. The van der Waals surface area contributed by atoms with Crippen LogP contribution in [0.3, 0.4) is 0 Å². The number of hydrogen-bond donors (Lipinski definition) is 2. The number of likely N-dealkylation sites (tertiary alicyclic amines) is 2. The third-order valence-corrected chi connectivity index (χ3v) is 11.2. The molecule has 17 heteroatoms. The minimum absolute atomic E-state index is 0. The largest absolute Gasteiger partial charge is 0.458 e. The summed E-state index contributed by atoms with van der Waals surface area (Å²) in [6.07, 6.45) is 0.861. The number of rotatable bonds is 19. The minimum Gasteiger partial charge on any atom is -0.458 e. The number of benzene rings is 2. The van der Waals surface area contributed by atoms with Gasteiger partial charge in [-0.1, -0.05) is 102 Å². The van der Waals surface area contributed by atoms with Crippen LogP contribution in [0.1, 0.15) is 141 Å². The van der Waals surface area contributed by atoms with Gasteiger partial charge in [-0.2, -0.15) is 0 Å². The summed E-state index contributed by atoms with van der Waals surface area (Å²) < 4.78 is 40.1. The van der Waals surface area contributed by atoms with Gasteiger partial charge in [0.1, 0.15) is 34.9 Å². The molecule has 2 heterocycles. The van der Waals surface area contributed by atoms with Crippen LogP contribution in [0.15, 0.2) is 60.7 Å². The number of esters is 2. The van der Waals surface area contributed by atoms with Gasteiger partial charge in [0, 0.05) is 52.4 Å². The van der Waals surface area contributed by atoms with Crippen LogP contribution < -0.4 is 11.1 Å². The molecule has 0 aromatic heterocycles. The summed E-state index contributed by atoms with van der Waals surface area (Å²) in [6, 6.07) is 16.8. The summed E-state index contributed by atoms with van der Waals surface area (Å²) in [5.74, 6) is -1.52. The van der Waals surface area contributed by atoms with Gasteiger partial charge >= 0.3 is 18.0 Å². The van der Waals surface area contributed by atoms with Crippen molar-refractivity contribution >= 4 is 42.3 Å². The van der Waals surface area contributed by atoms with E-state index in [-0.39, 0.29) is 43.0 Å². The normalized spacial score (nSPS) is 19.3. The number of nitrogens with two attached hydrogens (primary N) is 1. The number of nitrogens with one attached hydrogen (secondary N) is 1. The first-order valence-electron chi connectivity index (χ1n) is 25.1. The zero-order chi connectivity index (χ0) is 53.4. The Morgan fingerprint density at radius 3 is 1.28 bits per heavy atom. The summed E-state index contributed by atoms with van der Waals surface area (Å²) in [4.78, 5) is 68.5. The number of nitrogens with zero attached hydrogens (tertiary/aromatic N) is 2. The third kappa shape index (κ3) is 23.3. The van der Waals surface area contributed by atoms with Crippen LogP contribution in [0.5, 0.6) is 0 Å². The van der Waals surface area contributed by atoms with Crippen LogP contribution in [-0.4, -0.2) is 132 Å². The number of carbonyl (C=O) groups is 5. The van der Waals surface area contributed by atoms with Gasteiger partial charge in [-0.3, -0.25) is 9.59 Å². The first-order chi connectivity index (χ1) is 32.8. The molecule has 72 heavy (non-hydrogen) atoms. The summed E-state index contributed by atoms with van der Waals surface area (Å²) in [7, 11) is 0. The molecule has 4 rings (SSSR count). The molecular weight excluding hydrogens is 944 g/mol. The maximum atomic E-state index is 13.8. The Bertz CT molecular complexity index is 1970. The van der Waals surface area contributed by atoms with Gasteiger partial charge in [0.05, 0.1) is 31.5 Å². The molecule has 0 aliphatic carbocycles.